The van der Waals surface area contributed by atoms with E-state index in [2.05, 4.69) is 25.2 Å². The van der Waals surface area contributed by atoms with Crippen LogP contribution in [0.3, 0.4) is 0 Å². The lowest BCUT2D eigenvalue weighted by molar-refractivity contribution is 0.190. The fraction of sp³-hybridized carbons (Fsp3) is 0.100. The van der Waals surface area contributed by atoms with E-state index >= 15 is 0 Å². The van der Waals surface area contributed by atoms with Gasteiger partial charge in [0.2, 0.25) is 0 Å². The SMILES string of the molecule is CON=Nc1ccccc1-c1ncc[nH]1. The molecule has 0 aliphatic rings. The van der Waals surface area contributed by atoms with Crippen molar-refractivity contribution in [2.24, 2.45) is 10.4 Å². The van der Waals surface area contributed by atoms with Crippen LogP contribution in [0.15, 0.2) is 47.1 Å². The molecule has 15 heavy (non-hydrogen) atoms. The molecule has 5 heteroatoms. The zero-order chi connectivity index (χ0) is 10.5. The average molecular weight is 202 g/mol. The maximum Gasteiger partial charge on any atom is 0.139 e. The summed E-state index contributed by atoms with van der Waals surface area (Å²) < 4.78 is 0. The van der Waals surface area contributed by atoms with Crippen LogP contribution >= 0.6 is 0 Å². The van der Waals surface area contributed by atoms with Crippen molar-refractivity contribution in [2.75, 3.05) is 7.11 Å². The van der Waals surface area contributed by atoms with E-state index in [-0.39, 0.29) is 0 Å². The molecule has 0 unspecified atom stereocenters. The Hall–Kier alpha value is -2.17. The average Bonchev–Trinajstić information content (AvgIpc) is 2.80. The summed E-state index contributed by atoms with van der Waals surface area (Å²) in [4.78, 5) is 11.7. The molecular formula is C10H10N4O. The van der Waals surface area contributed by atoms with Gasteiger partial charge in [0.05, 0.1) is 5.69 Å². The first-order valence-electron chi connectivity index (χ1n) is 4.45. The Kier molecular flexibility index (Phi) is 2.73. The van der Waals surface area contributed by atoms with Crippen molar-refractivity contribution in [3.8, 4) is 11.4 Å². The number of nitrogens with zero attached hydrogens (tertiary/aromatic N) is 3. The zero-order valence-electron chi connectivity index (χ0n) is 8.21. The second-order valence-electron chi connectivity index (χ2n) is 2.82. The molecule has 0 saturated heterocycles. The molecular weight excluding hydrogens is 192 g/mol. The highest BCUT2D eigenvalue weighted by Crippen LogP contribution is 2.27. The predicted molar refractivity (Wildman–Crippen MR) is 55.5 cm³/mol. The van der Waals surface area contributed by atoms with Gasteiger partial charge in [-0.25, -0.2) is 4.98 Å². The van der Waals surface area contributed by atoms with E-state index in [1.807, 2.05) is 24.3 Å². The van der Waals surface area contributed by atoms with Crippen LogP contribution in [0.2, 0.25) is 0 Å². The number of imidazole rings is 1. The van der Waals surface area contributed by atoms with Crippen LogP contribution < -0.4 is 0 Å². The molecule has 2 aromatic rings. The third kappa shape index (κ3) is 2.01. The molecule has 1 N–H and O–H groups in total. The normalized spacial score (nSPS) is 10.7. The fourth-order valence-corrected chi connectivity index (χ4v) is 1.26. The van der Waals surface area contributed by atoms with Crippen molar-refractivity contribution in [1.82, 2.24) is 9.97 Å². The first-order valence-corrected chi connectivity index (χ1v) is 4.45. The van der Waals surface area contributed by atoms with Gasteiger partial charge < -0.3 is 9.82 Å². The molecule has 0 aliphatic heterocycles. The minimum atomic E-state index is 0.717. The molecule has 1 heterocycles. The lowest BCUT2D eigenvalue weighted by Crippen LogP contribution is -1.80. The van der Waals surface area contributed by atoms with E-state index in [4.69, 9.17) is 0 Å². The Morgan fingerprint density at radius 3 is 2.93 bits per heavy atom. The van der Waals surface area contributed by atoms with Crippen LogP contribution in [0.4, 0.5) is 5.69 Å². The van der Waals surface area contributed by atoms with Gasteiger partial charge in [-0.1, -0.05) is 12.1 Å². The number of hydrogen-bond acceptors (Lipinski definition) is 4. The van der Waals surface area contributed by atoms with Crippen molar-refractivity contribution in [2.45, 2.75) is 0 Å². The molecule has 0 aliphatic carbocycles. The number of aromatic amines is 1. The van der Waals surface area contributed by atoms with Crippen LogP contribution in [-0.2, 0) is 4.84 Å². The molecule has 0 bridgehead atoms. The molecule has 0 amide bonds. The number of H-pyrrole nitrogens is 1. The standard InChI is InChI=1S/C10H10N4O/c1-15-14-13-9-5-3-2-4-8(9)10-11-6-7-12-10/h2-7H,1H3,(H,11,12). The smallest absolute Gasteiger partial charge is 0.139 e. The number of aromatic nitrogens is 2. The van der Waals surface area contributed by atoms with Crippen molar-refractivity contribution in [1.29, 1.82) is 0 Å². The van der Waals surface area contributed by atoms with E-state index in [0.29, 0.717) is 5.69 Å². The summed E-state index contributed by atoms with van der Waals surface area (Å²) in [6.07, 6.45) is 3.46. The van der Waals surface area contributed by atoms with Crippen LogP contribution in [0.5, 0.6) is 0 Å². The van der Waals surface area contributed by atoms with Gasteiger partial charge in [-0.2, -0.15) is 0 Å². The summed E-state index contributed by atoms with van der Waals surface area (Å²) in [5.74, 6) is 0.764. The molecule has 1 aromatic heterocycles. The quantitative estimate of drug-likeness (QED) is 0.614. The first-order chi connectivity index (χ1) is 7.42. The third-order valence-electron chi connectivity index (χ3n) is 1.89. The Bertz CT molecular complexity index is 450. The Morgan fingerprint density at radius 2 is 2.20 bits per heavy atom. The van der Waals surface area contributed by atoms with Crippen molar-refractivity contribution in [3.05, 3.63) is 36.7 Å². The van der Waals surface area contributed by atoms with Gasteiger partial charge in [0, 0.05) is 23.2 Å². The Morgan fingerprint density at radius 1 is 1.33 bits per heavy atom. The lowest BCUT2D eigenvalue weighted by atomic mass is 10.2. The minimum Gasteiger partial charge on any atom is -0.383 e. The molecule has 1 aromatic carbocycles. The summed E-state index contributed by atoms with van der Waals surface area (Å²) in [6.45, 7) is 0. The summed E-state index contributed by atoms with van der Waals surface area (Å²) in [5.41, 5.74) is 1.61. The zero-order valence-corrected chi connectivity index (χ0v) is 8.21. The van der Waals surface area contributed by atoms with Crippen LogP contribution in [-0.4, -0.2) is 17.1 Å². The highest BCUT2D eigenvalue weighted by Gasteiger charge is 2.05. The maximum absolute atomic E-state index is 4.55. The molecule has 0 saturated carbocycles. The monoisotopic (exact) mass is 202 g/mol. The van der Waals surface area contributed by atoms with Gasteiger partial charge in [0.1, 0.15) is 12.9 Å². The Labute approximate surface area is 86.8 Å². The van der Waals surface area contributed by atoms with Gasteiger partial charge >= 0.3 is 0 Å². The summed E-state index contributed by atoms with van der Waals surface area (Å²) in [6, 6.07) is 7.57. The van der Waals surface area contributed by atoms with Crippen LogP contribution in [0, 0.1) is 0 Å². The molecule has 0 atom stereocenters. The molecule has 0 fully saturated rings. The molecule has 76 valence electrons. The topological polar surface area (TPSA) is 62.6 Å². The Balaban J connectivity index is 2.43. The summed E-state index contributed by atoms with van der Waals surface area (Å²) in [5, 5.41) is 7.42. The van der Waals surface area contributed by atoms with Crippen LogP contribution in [0.1, 0.15) is 0 Å². The summed E-state index contributed by atoms with van der Waals surface area (Å²) >= 11 is 0. The molecule has 2 rings (SSSR count). The third-order valence-corrected chi connectivity index (χ3v) is 1.89. The maximum atomic E-state index is 4.55. The van der Waals surface area contributed by atoms with Crippen molar-refractivity contribution in [3.63, 3.8) is 0 Å². The number of rotatable bonds is 3. The molecule has 0 radical (unpaired) electrons. The second-order valence-corrected chi connectivity index (χ2v) is 2.82. The first kappa shape index (κ1) is 9.39. The molecule has 5 nitrogen and oxygen atoms in total. The summed E-state index contributed by atoms with van der Waals surface area (Å²) in [7, 11) is 1.46. The van der Waals surface area contributed by atoms with Crippen molar-refractivity contribution < 1.29 is 4.84 Å². The van der Waals surface area contributed by atoms with Gasteiger partial charge in [0.25, 0.3) is 0 Å². The second kappa shape index (κ2) is 4.36. The van der Waals surface area contributed by atoms with Crippen LogP contribution in [0.25, 0.3) is 11.4 Å². The number of nitrogens with one attached hydrogen (secondary N) is 1. The van der Waals surface area contributed by atoms with E-state index in [0.717, 1.165) is 11.4 Å². The van der Waals surface area contributed by atoms with Gasteiger partial charge in [-0.3, -0.25) is 0 Å². The van der Waals surface area contributed by atoms with E-state index < -0.39 is 0 Å². The largest absolute Gasteiger partial charge is 0.383 e. The fourth-order valence-electron chi connectivity index (χ4n) is 1.26. The van der Waals surface area contributed by atoms with E-state index in [1.54, 1.807) is 12.4 Å². The van der Waals surface area contributed by atoms with Gasteiger partial charge in [-0.05, 0) is 12.1 Å². The van der Waals surface area contributed by atoms with Gasteiger partial charge in [0.15, 0.2) is 0 Å². The minimum absolute atomic E-state index is 0.717. The molecule has 0 spiro atoms. The highest BCUT2D eigenvalue weighted by atomic mass is 16.6. The lowest BCUT2D eigenvalue weighted by Gasteiger charge is -1.99. The highest BCUT2D eigenvalue weighted by molar-refractivity contribution is 5.70. The van der Waals surface area contributed by atoms with E-state index in [1.165, 1.54) is 7.11 Å². The number of benzene rings is 1. The predicted octanol–water partition coefficient (Wildman–Crippen LogP) is 2.72. The number of hydrogen-bond donors (Lipinski definition) is 1. The van der Waals surface area contributed by atoms with E-state index in [9.17, 15) is 0 Å². The van der Waals surface area contributed by atoms with Gasteiger partial charge in [-0.15, -0.1) is 5.11 Å². The van der Waals surface area contributed by atoms with Crippen molar-refractivity contribution >= 4 is 5.69 Å².